The highest BCUT2D eigenvalue weighted by Gasteiger charge is 2.22. The molecule has 0 aromatic carbocycles. The van der Waals surface area contributed by atoms with Gasteiger partial charge in [0.2, 0.25) is 5.91 Å². The average Bonchev–Trinajstić information content (AvgIpc) is 2.96. The standard InChI is InChI=1S/C14H20N6O/c1-18(2)12(21)9-19-5-7-20(8-6-19)14-13-11(3-4-15-13)16-10-17-14/h3-4,10,15H,5-9H2,1-2H3. The van der Waals surface area contributed by atoms with Gasteiger partial charge >= 0.3 is 0 Å². The summed E-state index contributed by atoms with van der Waals surface area (Å²) in [6, 6.07) is 1.95. The number of anilines is 1. The van der Waals surface area contributed by atoms with E-state index in [9.17, 15) is 4.79 Å². The predicted octanol–water partition coefficient (Wildman–Crippen LogP) is 0.168. The van der Waals surface area contributed by atoms with Gasteiger partial charge in [-0.25, -0.2) is 9.97 Å². The summed E-state index contributed by atoms with van der Waals surface area (Å²) < 4.78 is 0. The summed E-state index contributed by atoms with van der Waals surface area (Å²) in [5, 5.41) is 0. The molecular formula is C14H20N6O. The van der Waals surface area contributed by atoms with Crippen molar-refractivity contribution in [3.63, 3.8) is 0 Å². The van der Waals surface area contributed by atoms with Gasteiger partial charge in [-0.05, 0) is 6.07 Å². The number of aromatic nitrogens is 3. The number of carbonyl (C=O) groups is 1. The summed E-state index contributed by atoms with van der Waals surface area (Å²) in [5.74, 6) is 1.10. The number of aromatic amines is 1. The van der Waals surface area contributed by atoms with Crippen LogP contribution in [-0.2, 0) is 4.79 Å². The first-order valence-electron chi connectivity index (χ1n) is 7.10. The Balaban J connectivity index is 1.66. The Bertz CT molecular complexity index is 629. The summed E-state index contributed by atoms with van der Waals surface area (Å²) >= 11 is 0. The molecule has 0 aliphatic carbocycles. The van der Waals surface area contributed by atoms with E-state index >= 15 is 0 Å². The second-order valence-corrected chi connectivity index (χ2v) is 5.49. The molecule has 1 saturated heterocycles. The van der Waals surface area contributed by atoms with Crippen LogP contribution in [0, 0.1) is 0 Å². The number of hydrogen-bond acceptors (Lipinski definition) is 5. The first-order valence-corrected chi connectivity index (χ1v) is 7.10. The first-order chi connectivity index (χ1) is 10.1. The van der Waals surface area contributed by atoms with Gasteiger partial charge in [0.15, 0.2) is 5.82 Å². The van der Waals surface area contributed by atoms with Crippen molar-refractivity contribution in [2.75, 3.05) is 51.7 Å². The smallest absolute Gasteiger partial charge is 0.236 e. The SMILES string of the molecule is CN(C)C(=O)CN1CCN(c2ncnc3cc[nH]c23)CC1. The number of fused-ring (bicyclic) bond motifs is 1. The highest BCUT2D eigenvalue weighted by atomic mass is 16.2. The molecule has 2 aromatic rings. The van der Waals surface area contributed by atoms with Crippen LogP contribution in [0.4, 0.5) is 5.82 Å². The molecule has 1 fully saturated rings. The maximum atomic E-state index is 11.7. The van der Waals surface area contributed by atoms with Crippen LogP contribution in [0.15, 0.2) is 18.6 Å². The number of H-pyrrole nitrogens is 1. The van der Waals surface area contributed by atoms with E-state index in [2.05, 4.69) is 24.8 Å². The molecule has 1 aliphatic rings. The van der Waals surface area contributed by atoms with Crippen LogP contribution in [0.3, 0.4) is 0 Å². The van der Waals surface area contributed by atoms with E-state index in [1.165, 1.54) is 0 Å². The zero-order valence-corrected chi connectivity index (χ0v) is 12.4. The Morgan fingerprint density at radius 1 is 1.29 bits per heavy atom. The predicted molar refractivity (Wildman–Crippen MR) is 81.2 cm³/mol. The van der Waals surface area contributed by atoms with Gasteiger partial charge in [-0.15, -0.1) is 0 Å². The van der Waals surface area contributed by atoms with Crippen molar-refractivity contribution >= 4 is 22.8 Å². The minimum Gasteiger partial charge on any atom is -0.357 e. The van der Waals surface area contributed by atoms with Gasteiger partial charge in [-0.1, -0.05) is 0 Å². The van der Waals surface area contributed by atoms with Crippen LogP contribution in [0.5, 0.6) is 0 Å². The molecule has 0 unspecified atom stereocenters. The molecule has 0 spiro atoms. The van der Waals surface area contributed by atoms with Crippen molar-refractivity contribution in [1.82, 2.24) is 24.8 Å². The summed E-state index contributed by atoms with van der Waals surface area (Å²) in [5.41, 5.74) is 1.92. The molecule has 3 rings (SSSR count). The molecule has 0 bridgehead atoms. The molecule has 1 amide bonds. The van der Waals surface area contributed by atoms with Crippen molar-refractivity contribution in [2.24, 2.45) is 0 Å². The highest BCUT2D eigenvalue weighted by molar-refractivity contribution is 5.85. The Morgan fingerprint density at radius 3 is 2.76 bits per heavy atom. The van der Waals surface area contributed by atoms with Crippen LogP contribution in [0.25, 0.3) is 11.0 Å². The third-order valence-corrected chi connectivity index (χ3v) is 3.85. The van der Waals surface area contributed by atoms with E-state index in [0.717, 1.165) is 43.0 Å². The van der Waals surface area contributed by atoms with Crippen molar-refractivity contribution < 1.29 is 4.79 Å². The summed E-state index contributed by atoms with van der Waals surface area (Å²) in [4.78, 5) is 29.7. The second-order valence-electron chi connectivity index (χ2n) is 5.49. The largest absolute Gasteiger partial charge is 0.357 e. The first kappa shape index (κ1) is 13.8. The van der Waals surface area contributed by atoms with Crippen molar-refractivity contribution in [3.8, 4) is 0 Å². The normalized spacial score (nSPS) is 16.4. The molecular weight excluding hydrogens is 268 g/mol. The molecule has 1 aliphatic heterocycles. The second kappa shape index (κ2) is 5.69. The summed E-state index contributed by atoms with van der Waals surface area (Å²) in [6.07, 6.45) is 3.49. The van der Waals surface area contributed by atoms with Gasteiger partial charge in [-0.2, -0.15) is 0 Å². The molecule has 0 atom stereocenters. The molecule has 3 heterocycles. The average molecular weight is 288 g/mol. The molecule has 1 N–H and O–H groups in total. The third-order valence-electron chi connectivity index (χ3n) is 3.85. The van der Waals surface area contributed by atoms with E-state index in [0.29, 0.717) is 6.54 Å². The number of carbonyl (C=O) groups excluding carboxylic acids is 1. The number of rotatable bonds is 3. The fourth-order valence-electron chi connectivity index (χ4n) is 2.55. The quantitative estimate of drug-likeness (QED) is 0.872. The monoisotopic (exact) mass is 288 g/mol. The molecule has 112 valence electrons. The molecule has 2 aromatic heterocycles. The summed E-state index contributed by atoms with van der Waals surface area (Å²) in [6.45, 7) is 3.96. The van der Waals surface area contributed by atoms with Crippen LogP contribution in [0.2, 0.25) is 0 Å². The number of nitrogens with zero attached hydrogens (tertiary/aromatic N) is 5. The maximum Gasteiger partial charge on any atom is 0.236 e. The lowest BCUT2D eigenvalue weighted by molar-refractivity contribution is -0.129. The molecule has 21 heavy (non-hydrogen) atoms. The van der Waals surface area contributed by atoms with E-state index in [-0.39, 0.29) is 5.91 Å². The van der Waals surface area contributed by atoms with Crippen LogP contribution >= 0.6 is 0 Å². The minimum atomic E-state index is 0.150. The van der Waals surface area contributed by atoms with Crippen LogP contribution in [-0.4, -0.2) is 77.5 Å². The van der Waals surface area contributed by atoms with E-state index in [4.69, 9.17) is 0 Å². The maximum absolute atomic E-state index is 11.7. The van der Waals surface area contributed by atoms with E-state index < -0.39 is 0 Å². The van der Waals surface area contributed by atoms with Crippen LogP contribution < -0.4 is 4.90 Å². The Kier molecular flexibility index (Phi) is 3.74. The molecule has 7 nitrogen and oxygen atoms in total. The topological polar surface area (TPSA) is 68.4 Å². The lowest BCUT2D eigenvalue weighted by atomic mass is 10.3. The minimum absolute atomic E-state index is 0.150. The Morgan fingerprint density at radius 2 is 2.05 bits per heavy atom. The third kappa shape index (κ3) is 2.82. The van der Waals surface area contributed by atoms with Crippen molar-refractivity contribution in [2.45, 2.75) is 0 Å². The number of amides is 1. The zero-order chi connectivity index (χ0) is 14.8. The number of piperazine rings is 1. The fourth-order valence-corrected chi connectivity index (χ4v) is 2.55. The van der Waals surface area contributed by atoms with Gasteiger partial charge < -0.3 is 14.8 Å². The number of likely N-dealkylation sites (N-methyl/N-ethyl adjacent to an activating group) is 1. The zero-order valence-electron chi connectivity index (χ0n) is 12.4. The van der Waals surface area contributed by atoms with Crippen molar-refractivity contribution in [1.29, 1.82) is 0 Å². The van der Waals surface area contributed by atoms with Gasteiger partial charge in [0, 0.05) is 46.5 Å². The lowest BCUT2D eigenvalue weighted by Gasteiger charge is -2.35. The molecule has 0 saturated carbocycles. The van der Waals surface area contributed by atoms with Gasteiger partial charge in [-0.3, -0.25) is 9.69 Å². The van der Waals surface area contributed by atoms with Gasteiger partial charge in [0.05, 0.1) is 12.1 Å². The molecule has 0 radical (unpaired) electrons. The molecule has 7 heteroatoms. The number of nitrogens with one attached hydrogen (secondary N) is 1. The Hall–Kier alpha value is -2.15. The number of hydrogen-bond donors (Lipinski definition) is 1. The Labute approximate surface area is 123 Å². The summed E-state index contributed by atoms with van der Waals surface area (Å²) in [7, 11) is 3.59. The fraction of sp³-hybridized carbons (Fsp3) is 0.500. The van der Waals surface area contributed by atoms with E-state index in [1.807, 2.05) is 12.3 Å². The van der Waals surface area contributed by atoms with Gasteiger partial charge in [0.1, 0.15) is 11.8 Å². The van der Waals surface area contributed by atoms with Crippen molar-refractivity contribution in [3.05, 3.63) is 18.6 Å². The van der Waals surface area contributed by atoms with Gasteiger partial charge in [0.25, 0.3) is 0 Å². The van der Waals surface area contributed by atoms with E-state index in [1.54, 1.807) is 25.3 Å². The van der Waals surface area contributed by atoms with Crippen LogP contribution in [0.1, 0.15) is 0 Å². The lowest BCUT2D eigenvalue weighted by Crippen LogP contribution is -2.49. The highest BCUT2D eigenvalue weighted by Crippen LogP contribution is 2.22.